The van der Waals surface area contributed by atoms with Crippen molar-refractivity contribution < 1.29 is 18.3 Å². The predicted octanol–water partition coefficient (Wildman–Crippen LogP) is 2.16. The number of sulfonamides is 1. The lowest BCUT2D eigenvalue weighted by atomic mass is 10.2. The number of nitrogens with zero attached hydrogens (tertiary/aromatic N) is 2. The SMILES string of the molecule is CCn1cnc(S(=O)(=O)Nc2cc(Br)ccc2C(=O)O)c1. The molecule has 0 radical (unpaired) electrons. The molecule has 0 aliphatic heterocycles. The normalized spacial score (nSPS) is 11.3. The smallest absolute Gasteiger partial charge is 0.337 e. The summed E-state index contributed by atoms with van der Waals surface area (Å²) in [7, 11) is -3.94. The minimum absolute atomic E-state index is 0.0251. The van der Waals surface area contributed by atoms with Gasteiger partial charge in [-0.1, -0.05) is 15.9 Å². The highest BCUT2D eigenvalue weighted by atomic mass is 79.9. The third kappa shape index (κ3) is 3.42. The Morgan fingerprint density at radius 3 is 2.76 bits per heavy atom. The number of rotatable bonds is 5. The second-order valence-electron chi connectivity index (χ2n) is 4.14. The standard InChI is InChI=1S/C12H12BrN3O4S/c1-2-16-6-11(14-7-16)21(19,20)15-10-5-8(13)3-4-9(10)12(17)18/h3-7,15H,2H2,1H3,(H,17,18). The summed E-state index contributed by atoms with van der Waals surface area (Å²) in [6, 6.07) is 4.22. The number of hydrogen-bond acceptors (Lipinski definition) is 4. The van der Waals surface area contributed by atoms with Gasteiger partial charge in [0.1, 0.15) is 0 Å². The van der Waals surface area contributed by atoms with Gasteiger partial charge in [-0.05, 0) is 25.1 Å². The number of carboxylic acids is 1. The first-order chi connectivity index (χ1) is 9.83. The Kier molecular flexibility index (Phi) is 4.33. The van der Waals surface area contributed by atoms with E-state index in [9.17, 15) is 13.2 Å². The van der Waals surface area contributed by atoms with Gasteiger partial charge in [0, 0.05) is 17.2 Å². The van der Waals surface area contributed by atoms with E-state index in [0.717, 1.165) is 0 Å². The van der Waals surface area contributed by atoms with Crippen LogP contribution in [0.5, 0.6) is 0 Å². The number of hydrogen-bond donors (Lipinski definition) is 2. The molecule has 2 rings (SSSR count). The molecule has 0 amide bonds. The van der Waals surface area contributed by atoms with Crippen LogP contribution in [0.25, 0.3) is 0 Å². The Labute approximate surface area is 129 Å². The highest BCUT2D eigenvalue weighted by Crippen LogP contribution is 2.24. The monoisotopic (exact) mass is 373 g/mol. The number of aryl methyl sites for hydroxylation is 1. The molecule has 0 atom stereocenters. The van der Waals surface area contributed by atoms with Crippen LogP contribution in [-0.2, 0) is 16.6 Å². The number of anilines is 1. The third-order valence-electron chi connectivity index (χ3n) is 2.71. The summed E-state index contributed by atoms with van der Waals surface area (Å²) in [5.74, 6) is -1.22. The van der Waals surface area contributed by atoms with Crippen LogP contribution in [0.3, 0.4) is 0 Å². The van der Waals surface area contributed by atoms with E-state index < -0.39 is 16.0 Å². The van der Waals surface area contributed by atoms with E-state index in [2.05, 4.69) is 25.6 Å². The number of carboxylic acid groups (broad SMARTS) is 1. The van der Waals surface area contributed by atoms with Gasteiger partial charge in [0.15, 0.2) is 5.03 Å². The van der Waals surface area contributed by atoms with Crippen LogP contribution >= 0.6 is 15.9 Å². The lowest BCUT2D eigenvalue weighted by molar-refractivity contribution is 0.0698. The van der Waals surface area contributed by atoms with Crippen LogP contribution in [0, 0.1) is 0 Å². The topological polar surface area (TPSA) is 101 Å². The van der Waals surface area contributed by atoms with E-state index in [-0.39, 0.29) is 16.3 Å². The van der Waals surface area contributed by atoms with Crippen LogP contribution < -0.4 is 4.72 Å². The number of benzene rings is 1. The number of carbonyl (C=O) groups is 1. The van der Waals surface area contributed by atoms with E-state index in [1.165, 1.54) is 30.7 Å². The first-order valence-corrected chi connectivity index (χ1v) is 8.18. The van der Waals surface area contributed by atoms with Gasteiger partial charge >= 0.3 is 5.97 Å². The average Bonchev–Trinajstić information content (AvgIpc) is 2.87. The molecular formula is C12H12BrN3O4S. The Hall–Kier alpha value is -1.87. The second kappa shape index (κ2) is 5.86. The fourth-order valence-corrected chi connectivity index (χ4v) is 3.02. The maximum atomic E-state index is 12.2. The van der Waals surface area contributed by atoms with E-state index >= 15 is 0 Å². The molecule has 7 nitrogen and oxygen atoms in total. The zero-order valence-electron chi connectivity index (χ0n) is 10.9. The molecule has 0 saturated carbocycles. The van der Waals surface area contributed by atoms with Crippen molar-refractivity contribution in [2.75, 3.05) is 4.72 Å². The van der Waals surface area contributed by atoms with Crippen LogP contribution in [0.4, 0.5) is 5.69 Å². The van der Waals surface area contributed by atoms with Gasteiger partial charge in [0.05, 0.1) is 17.6 Å². The van der Waals surface area contributed by atoms with Crippen LogP contribution in [0.1, 0.15) is 17.3 Å². The van der Waals surface area contributed by atoms with Crippen LogP contribution in [0.2, 0.25) is 0 Å². The lowest BCUT2D eigenvalue weighted by Crippen LogP contribution is -2.16. The summed E-state index contributed by atoms with van der Waals surface area (Å²) in [5, 5.41) is 8.93. The summed E-state index contributed by atoms with van der Waals surface area (Å²) < 4.78 is 28.9. The third-order valence-corrected chi connectivity index (χ3v) is 4.45. The summed E-state index contributed by atoms with van der Waals surface area (Å²) in [5.41, 5.74) is -0.167. The zero-order chi connectivity index (χ0) is 15.6. The first-order valence-electron chi connectivity index (χ1n) is 5.91. The molecular weight excluding hydrogens is 362 g/mol. The molecule has 0 saturated heterocycles. The highest BCUT2D eigenvalue weighted by molar-refractivity contribution is 9.10. The molecule has 2 aromatic rings. The van der Waals surface area contributed by atoms with Crippen LogP contribution in [0.15, 0.2) is 40.2 Å². The second-order valence-corrected chi connectivity index (χ2v) is 6.69. The Morgan fingerprint density at radius 2 is 2.19 bits per heavy atom. The Bertz CT molecular complexity index is 786. The van der Waals surface area contributed by atoms with Gasteiger partial charge in [0.25, 0.3) is 10.0 Å². The maximum absolute atomic E-state index is 12.2. The largest absolute Gasteiger partial charge is 0.478 e. The molecule has 1 aromatic carbocycles. The summed E-state index contributed by atoms with van der Waals surface area (Å²) in [4.78, 5) is 14.9. The average molecular weight is 374 g/mol. The molecule has 2 N–H and O–H groups in total. The minimum atomic E-state index is -3.94. The van der Waals surface area contributed by atoms with Gasteiger partial charge < -0.3 is 9.67 Å². The van der Waals surface area contributed by atoms with Crippen molar-refractivity contribution in [3.05, 3.63) is 40.8 Å². The van der Waals surface area contributed by atoms with Crippen molar-refractivity contribution in [3.8, 4) is 0 Å². The fourth-order valence-electron chi connectivity index (χ4n) is 1.64. The van der Waals surface area contributed by atoms with Gasteiger partial charge in [-0.2, -0.15) is 8.42 Å². The van der Waals surface area contributed by atoms with Crippen molar-refractivity contribution in [1.82, 2.24) is 9.55 Å². The summed E-state index contributed by atoms with van der Waals surface area (Å²) >= 11 is 3.18. The van der Waals surface area contributed by atoms with E-state index in [4.69, 9.17) is 5.11 Å². The molecule has 112 valence electrons. The molecule has 1 heterocycles. The molecule has 0 bridgehead atoms. The van der Waals surface area contributed by atoms with Gasteiger partial charge in [-0.3, -0.25) is 4.72 Å². The van der Waals surface area contributed by atoms with E-state index in [1.54, 1.807) is 4.57 Å². The van der Waals surface area contributed by atoms with Gasteiger partial charge in [-0.15, -0.1) is 0 Å². The van der Waals surface area contributed by atoms with Crippen LogP contribution in [-0.4, -0.2) is 29.0 Å². The van der Waals surface area contributed by atoms with Crippen molar-refractivity contribution in [2.24, 2.45) is 0 Å². The number of aromatic carboxylic acids is 1. The number of nitrogens with one attached hydrogen (secondary N) is 1. The Balaban J connectivity index is 2.41. The van der Waals surface area contributed by atoms with Crippen molar-refractivity contribution in [3.63, 3.8) is 0 Å². The summed E-state index contributed by atoms with van der Waals surface area (Å²) in [6.45, 7) is 2.43. The van der Waals surface area contributed by atoms with E-state index in [0.29, 0.717) is 11.0 Å². The highest BCUT2D eigenvalue weighted by Gasteiger charge is 2.21. The molecule has 0 fully saturated rings. The fraction of sp³-hybridized carbons (Fsp3) is 0.167. The number of halogens is 1. The van der Waals surface area contributed by atoms with E-state index in [1.807, 2.05) is 6.92 Å². The molecule has 1 aromatic heterocycles. The minimum Gasteiger partial charge on any atom is -0.478 e. The molecule has 0 aliphatic carbocycles. The Morgan fingerprint density at radius 1 is 1.48 bits per heavy atom. The first kappa shape index (κ1) is 15.5. The maximum Gasteiger partial charge on any atom is 0.337 e. The van der Waals surface area contributed by atoms with Crippen molar-refractivity contribution in [1.29, 1.82) is 0 Å². The van der Waals surface area contributed by atoms with Gasteiger partial charge in [-0.25, -0.2) is 9.78 Å². The summed E-state index contributed by atoms with van der Waals surface area (Å²) in [6.07, 6.45) is 2.77. The molecule has 21 heavy (non-hydrogen) atoms. The lowest BCUT2D eigenvalue weighted by Gasteiger charge is -2.09. The number of imidazole rings is 1. The molecule has 0 spiro atoms. The molecule has 9 heteroatoms. The van der Waals surface area contributed by atoms with Crippen molar-refractivity contribution >= 4 is 37.6 Å². The predicted molar refractivity (Wildman–Crippen MR) is 79.8 cm³/mol. The van der Waals surface area contributed by atoms with Crippen molar-refractivity contribution in [2.45, 2.75) is 18.5 Å². The van der Waals surface area contributed by atoms with Gasteiger partial charge in [0.2, 0.25) is 0 Å². The molecule has 0 aliphatic rings. The molecule has 0 unspecified atom stereocenters. The number of aromatic nitrogens is 2. The zero-order valence-corrected chi connectivity index (χ0v) is 13.3. The quantitative estimate of drug-likeness (QED) is 0.835.